The van der Waals surface area contributed by atoms with Gasteiger partial charge in [0.25, 0.3) is 0 Å². The second-order valence-corrected chi connectivity index (χ2v) is 4.64. The zero-order chi connectivity index (χ0) is 14.1. The number of hydrogen-bond donors (Lipinski definition) is 2. The van der Waals surface area contributed by atoms with Crippen LogP contribution in [-0.4, -0.2) is 32.0 Å². The molecule has 0 amide bonds. The van der Waals surface area contributed by atoms with Crippen LogP contribution in [0.4, 0.5) is 0 Å². The molecule has 0 aliphatic heterocycles. The Morgan fingerprint density at radius 1 is 1.26 bits per heavy atom. The fourth-order valence-electron chi connectivity index (χ4n) is 1.62. The summed E-state index contributed by atoms with van der Waals surface area (Å²) < 4.78 is 10.2. The van der Waals surface area contributed by atoms with E-state index in [1.807, 2.05) is 24.3 Å². The van der Waals surface area contributed by atoms with Gasteiger partial charge < -0.3 is 20.1 Å². The molecule has 1 atom stereocenters. The molecule has 4 nitrogen and oxygen atoms in total. The van der Waals surface area contributed by atoms with Gasteiger partial charge in [0, 0.05) is 13.7 Å². The zero-order valence-corrected chi connectivity index (χ0v) is 12.5. The molecule has 0 heterocycles. The van der Waals surface area contributed by atoms with Gasteiger partial charge in [-0.25, -0.2) is 0 Å². The Hall–Kier alpha value is -1.33. The van der Waals surface area contributed by atoms with Crippen LogP contribution in [0.5, 0.6) is 5.75 Å². The van der Waals surface area contributed by atoms with Crippen molar-refractivity contribution in [1.29, 1.82) is 0 Å². The second kappa shape index (κ2) is 8.72. The molecule has 0 aromatic heterocycles. The maximum absolute atomic E-state index is 5.26. The van der Waals surface area contributed by atoms with Crippen LogP contribution >= 0.6 is 12.2 Å². The first kappa shape index (κ1) is 15.7. The summed E-state index contributed by atoms with van der Waals surface area (Å²) in [5.74, 6) is 0.857. The molecule has 5 heteroatoms. The maximum atomic E-state index is 5.26. The van der Waals surface area contributed by atoms with Crippen LogP contribution in [0.15, 0.2) is 24.3 Å². The van der Waals surface area contributed by atoms with Gasteiger partial charge in [-0.05, 0) is 36.3 Å². The van der Waals surface area contributed by atoms with E-state index in [-0.39, 0.29) is 6.04 Å². The second-order valence-electron chi connectivity index (χ2n) is 4.24. The van der Waals surface area contributed by atoms with Crippen LogP contribution in [0.3, 0.4) is 0 Å². The highest BCUT2D eigenvalue weighted by Gasteiger charge is 2.06. The highest BCUT2D eigenvalue weighted by molar-refractivity contribution is 7.80. The quantitative estimate of drug-likeness (QED) is 0.750. The summed E-state index contributed by atoms with van der Waals surface area (Å²) in [6.07, 6.45) is 0.970. The number of hydrogen-bond acceptors (Lipinski definition) is 3. The average molecular weight is 282 g/mol. The van der Waals surface area contributed by atoms with Crippen molar-refractivity contribution in [3.8, 4) is 5.75 Å². The van der Waals surface area contributed by atoms with Crippen molar-refractivity contribution in [1.82, 2.24) is 10.6 Å². The third kappa shape index (κ3) is 5.89. The fraction of sp³-hybridized carbons (Fsp3) is 0.500. The smallest absolute Gasteiger partial charge is 0.166 e. The highest BCUT2D eigenvalue weighted by atomic mass is 32.1. The van der Waals surface area contributed by atoms with Crippen LogP contribution in [0.25, 0.3) is 0 Å². The molecule has 0 radical (unpaired) electrons. The molecule has 0 spiro atoms. The predicted octanol–water partition coefficient (Wildman–Crippen LogP) is 2.08. The van der Waals surface area contributed by atoms with E-state index in [1.165, 1.54) is 0 Å². The number of nitrogens with one attached hydrogen (secondary N) is 2. The summed E-state index contributed by atoms with van der Waals surface area (Å²) in [7, 11) is 3.35. The molecular weight excluding hydrogens is 260 g/mol. The van der Waals surface area contributed by atoms with E-state index < -0.39 is 0 Å². The molecule has 2 N–H and O–H groups in total. The molecule has 1 aromatic carbocycles. The van der Waals surface area contributed by atoms with E-state index in [0.29, 0.717) is 18.3 Å². The van der Waals surface area contributed by atoms with Crippen LogP contribution in [0.1, 0.15) is 18.9 Å². The molecule has 1 rings (SSSR count). The highest BCUT2D eigenvalue weighted by Crippen LogP contribution is 2.10. The Morgan fingerprint density at radius 3 is 2.47 bits per heavy atom. The lowest BCUT2D eigenvalue weighted by molar-refractivity contribution is 0.172. The van der Waals surface area contributed by atoms with Crippen molar-refractivity contribution in [3.05, 3.63) is 29.8 Å². The SMILES string of the molecule is CCC(COC)NC(=S)NCc1ccc(OC)cc1. The van der Waals surface area contributed by atoms with Crippen molar-refractivity contribution in [2.75, 3.05) is 20.8 Å². The van der Waals surface area contributed by atoms with E-state index in [1.54, 1.807) is 14.2 Å². The van der Waals surface area contributed by atoms with Gasteiger partial charge in [0.2, 0.25) is 0 Å². The lowest BCUT2D eigenvalue weighted by Crippen LogP contribution is -2.43. The summed E-state index contributed by atoms with van der Waals surface area (Å²) in [5, 5.41) is 7.07. The lowest BCUT2D eigenvalue weighted by Gasteiger charge is -2.18. The van der Waals surface area contributed by atoms with E-state index >= 15 is 0 Å². The minimum atomic E-state index is 0.251. The minimum Gasteiger partial charge on any atom is -0.497 e. The summed E-state index contributed by atoms with van der Waals surface area (Å²) in [4.78, 5) is 0. The number of thiocarbonyl (C=S) groups is 1. The van der Waals surface area contributed by atoms with Crippen molar-refractivity contribution < 1.29 is 9.47 Å². The first-order valence-electron chi connectivity index (χ1n) is 6.35. The molecule has 1 unspecified atom stereocenters. The van der Waals surface area contributed by atoms with E-state index in [9.17, 15) is 0 Å². The molecule has 0 fully saturated rings. The number of benzene rings is 1. The summed E-state index contributed by atoms with van der Waals surface area (Å²) in [5.41, 5.74) is 1.16. The van der Waals surface area contributed by atoms with Crippen molar-refractivity contribution >= 4 is 17.3 Å². The van der Waals surface area contributed by atoms with Crippen molar-refractivity contribution in [2.24, 2.45) is 0 Å². The molecular formula is C14H22N2O2S. The van der Waals surface area contributed by atoms with Gasteiger partial charge in [-0.3, -0.25) is 0 Å². The van der Waals surface area contributed by atoms with Gasteiger partial charge in [-0.2, -0.15) is 0 Å². The Labute approximate surface area is 120 Å². The molecule has 19 heavy (non-hydrogen) atoms. The van der Waals surface area contributed by atoms with Gasteiger partial charge in [-0.15, -0.1) is 0 Å². The monoisotopic (exact) mass is 282 g/mol. The standard InChI is InChI=1S/C14H22N2O2S/c1-4-12(10-17-2)16-14(19)15-9-11-5-7-13(18-3)8-6-11/h5-8,12H,4,9-10H2,1-3H3,(H2,15,16,19). The van der Waals surface area contributed by atoms with E-state index in [2.05, 4.69) is 17.6 Å². The van der Waals surface area contributed by atoms with E-state index in [0.717, 1.165) is 17.7 Å². The van der Waals surface area contributed by atoms with Crippen LogP contribution < -0.4 is 15.4 Å². The average Bonchev–Trinajstić information content (AvgIpc) is 2.45. The molecule has 106 valence electrons. The first-order valence-corrected chi connectivity index (χ1v) is 6.76. The van der Waals surface area contributed by atoms with Crippen molar-refractivity contribution in [3.63, 3.8) is 0 Å². The van der Waals surface area contributed by atoms with Gasteiger partial charge in [0.05, 0.1) is 19.8 Å². The number of rotatable bonds is 7. The molecule has 1 aromatic rings. The molecule has 0 saturated carbocycles. The number of methoxy groups -OCH3 is 2. The molecule has 0 aliphatic carbocycles. The summed E-state index contributed by atoms with van der Waals surface area (Å²) in [6, 6.07) is 8.16. The molecule has 0 saturated heterocycles. The topological polar surface area (TPSA) is 42.5 Å². The summed E-state index contributed by atoms with van der Waals surface area (Å²) in [6.45, 7) is 3.45. The molecule has 0 aliphatic rings. The van der Waals surface area contributed by atoms with E-state index in [4.69, 9.17) is 21.7 Å². The predicted molar refractivity (Wildman–Crippen MR) is 81.5 cm³/mol. The van der Waals surface area contributed by atoms with Gasteiger partial charge in [0.15, 0.2) is 5.11 Å². The first-order chi connectivity index (χ1) is 9.19. The third-order valence-electron chi connectivity index (χ3n) is 2.81. The van der Waals surface area contributed by atoms with Gasteiger partial charge >= 0.3 is 0 Å². The summed E-state index contributed by atoms with van der Waals surface area (Å²) >= 11 is 5.26. The van der Waals surface area contributed by atoms with Crippen LogP contribution in [0.2, 0.25) is 0 Å². The Balaban J connectivity index is 2.36. The Kier molecular flexibility index (Phi) is 7.22. The number of ether oxygens (including phenoxy) is 2. The molecule has 0 bridgehead atoms. The van der Waals surface area contributed by atoms with Gasteiger partial charge in [0.1, 0.15) is 5.75 Å². The largest absolute Gasteiger partial charge is 0.497 e. The van der Waals surface area contributed by atoms with Crippen LogP contribution in [-0.2, 0) is 11.3 Å². The minimum absolute atomic E-state index is 0.251. The Morgan fingerprint density at radius 2 is 1.95 bits per heavy atom. The zero-order valence-electron chi connectivity index (χ0n) is 11.7. The lowest BCUT2D eigenvalue weighted by atomic mass is 10.2. The maximum Gasteiger partial charge on any atom is 0.166 e. The van der Waals surface area contributed by atoms with Crippen molar-refractivity contribution in [2.45, 2.75) is 25.9 Å². The third-order valence-corrected chi connectivity index (χ3v) is 3.07. The fourth-order valence-corrected chi connectivity index (χ4v) is 1.86. The normalized spacial score (nSPS) is 11.7. The Bertz CT molecular complexity index is 382. The van der Waals surface area contributed by atoms with Gasteiger partial charge in [-0.1, -0.05) is 19.1 Å². The van der Waals surface area contributed by atoms with Crippen LogP contribution in [0, 0.1) is 0 Å².